The van der Waals surface area contributed by atoms with Crippen LogP contribution in [0.2, 0.25) is 0 Å². The number of rotatable bonds is 6. The van der Waals surface area contributed by atoms with Crippen LogP contribution in [-0.2, 0) is 4.79 Å². The second-order valence-electron chi connectivity index (χ2n) is 7.59. The molecule has 1 heterocycles. The Labute approximate surface area is 115 Å². The van der Waals surface area contributed by atoms with E-state index < -0.39 is 11.5 Å². The van der Waals surface area contributed by atoms with Crippen molar-refractivity contribution in [3.05, 3.63) is 0 Å². The molecule has 0 aromatic heterocycles. The first-order valence-corrected chi connectivity index (χ1v) is 7.65. The van der Waals surface area contributed by atoms with Crippen molar-refractivity contribution in [3.63, 3.8) is 0 Å². The number of hydrogen-bond acceptors (Lipinski definition) is 3. The highest BCUT2D eigenvalue weighted by molar-refractivity contribution is 5.80. The zero-order valence-electron chi connectivity index (χ0n) is 12.1. The van der Waals surface area contributed by atoms with Crippen LogP contribution in [0.5, 0.6) is 0 Å². The molecular formula is C15H26N2O2. The van der Waals surface area contributed by atoms with Gasteiger partial charge in [-0.15, -0.1) is 0 Å². The van der Waals surface area contributed by atoms with Crippen molar-refractivity contribution in [2.45, 2.75) is 57.5 Å². The third kappa shape index (κ3) is 2.79. The average molecular weight is 266 g/mol. The summed E-state index contributed by atoms with van der Waals surface area (Å²) < 4.78 is 0. The molecule has 1 unspecified atom stereocenters. The maximum absolute atomic E-state index is 11.9. The van der Waals surface area contributed by atoms with E-state index in [0.717, 1.165) is 38.8 Å². The van der Waals surface area contributed by atoms with Gasteiger partial charge in [-0.3, -0.25) is 10.1 Å². The number of aliphatic carboxylic acids is 1. The summed E-state index contributed by atoms with van der Waals surface area (Å²) in [6, 6.07) is 0.451. The smallest absolute Gasteiger partial charge is 0.325 e. The molecule has 19 heavy (non-hydrogen) atoms. The highest BCUT2D eigenvalue weighted by atomic mass is 16.4. The van der Waals surface area contributed by atoms with Gasteiger partial charge >= 0.3 is 5.97 Å². The van der Waals surface area contributed by atoms with E-state index in [-0.39, 0.29) is 0 Å². The third-order valence-corrected chi connectivity index (χ3v) is 4.92. The molecule has 2 aliphatic carbocycles. The molecular weight excluding hydrogens is 240 g/mol. The predicted octanol–water partition coefficient (Wildman–Crippen LogP) is 1.70. The van der Waals surface area contributed by atoms with Gasteiger partial charge in [-0.05, 0) is 50.0 Å². The molecule has 1 aliphatic heterocycles. The van der Waals surface area contributed by atoms with Crippen LogP contribution in [0.15, 0.2) is 0 Å². The molecule has 3 aliphatic rings. The van der Waals surface area contributed by atoms with Gasteiger partial charge in [-0.2, -0.15) is 0 Å². The van der Waals surface area contributed by atoms with Gasteiger partial charge in [0.2, 0.25) is 0 Å². The van der Waals surface area contributed by atoms with Crippen LogP contribution < -0.4 is 5.32 Å². The normalized spacial score (nSPS) is 30.2. The quantitative estimate of drug-likeness (QED) is 0.768. The Balaban J connectivity index is 1.73. The summed E-state index contributed by atoms with van der Waals surface area (Å²) in [6.45, 7) is 7.32. The van der Waals surface area contributed by atoms with Crippen LogP contribution in [0.25, 0.3) is 0 Å². The van der Waals surface area contributed by atoms with Crippen molar-refractivity contribution in [3.8, 4) is 0 Å². The molecule has 3 rings (SSSR count). The number of carboxylic acids is 1. The molecule has 1 saturated heterocycles. The Hall–Kier alpha value is -0.610. The monoisotopic (exact) mass is 266 g/mol. The lowest BCUT2D eigenvalue weighted by atomic mass is 9.91. The summed E-state index contributed by atoms with van der Waals surface area (Å²) in [5.41, 5.74) is -0.338. The van der Waals surface area contributed by atoms with E-state index in [4.69, 9.17) is 0 Å². The minimum absolute atomic E-state index is 0.341. The van der Waals surface area contributed by atoms with Crippen molar-refractivity contribution in [2.24, 2.45) is 11.3 Å². The SMILES string of the molecule is CC1(C)CCN(CC(NC2CC2)(C(=O)O)C2CC2)C1. The zero-order chi connectivity index (χ0) is 13.7. The van der Waals surface area contributed by atoms with E-state index >= 15 is 0 Å². The van der Waals surface area contributed by atoms with E-state index in [1.54, 1.807) is 0 Å². The van der Waals surface area contributed by atoms with E-state index in [9.17, 15) is 9.90 Å². The molecule has 108 valence electrons. The summed E-state index contributed by atoms with van der Waals surface area (Å²) in [5, 5.41) is 13.3. The summed E-state index contributed by atoms with van der Waals surface area (Å²) in [6.07, 6.45) is 5.61. The van der Waals surface area contributed by atoms with Gasteiger partial charge in [0.15, 0.2) is 0 Å². The van der Waals surface area contributed by atoms with Gasteiger partial charge in [0.25, 0.3) is 0 Å². The average Bonchev–Trinajstić information content (AvgIpc) is 3.18. The minimum atomic E-state index is -0.679. The summed E-state index contributed by atoms with van der Waals surface area (Å²) in [7, 11) is 0. The highest BCUT2D eigenvalue weighted by Gasteiger charge is 2.54. The van der Waals surface area contributed by atoms with Gasteiger partial charge in [-0.25, -0.2) is 0 Å². The number of likely N-dealkylation sites (tertiary alicyclic amines) is 1. The standard InChI is InChI=1S/C15H26N2O2/c1-14(2)7-8-17(9-14)10-15(13(18)19,11-3-4-11)16-12-5-6-12/h11-12,16H,3-10H2,1-2H3,(H,18,19). The number of hydrogen-bond donors (Lipinski definition) is 2. The summed E-state index contributed by atoms with van der Waals surface area (Å²) in [5.74, 6) is -0.291. The molecule has 2 N–H and O–H groups in total. The number of carbonyl (C=O) groups is 1. The Morgan fingerprint density at radius 3 is 2.47 bits per heavy atom. The second-order valence-corrected chi connectivity index (χ2v) is 7.59. The molecule has 0 aromatic rings. The fraction of sp³-hybridized carbons (Fsp3) is 0.933. The first kappa shape index (κ1) is 13.4. The van der Waals surface area contributed by atoms with E-state index in [0.29, 0.717) is 23.9 Å². The number of nitrogens with zero attached hydrogens (tertiary/aromatic N) is 1. The van der Waals surface area contributed by atoms with Crippen LogP contribution in [0.4, 0.5) is 0 Å². The largest absolute Gasteiger partial charge is 0.480 e. The lowest BCUT2D eigenvalue weighted by molar-refractivity contribution is -0.147. The topological polar surface area (TPSA) is 52.6 Å². The molecule has 1 atom stereocenters. The summed E-state index contributed by atoms with van der Waals surface area (Å²) >= 11 is 0. The fourth-order valence-corrected chi connectivity index (χ4v) is 3.48. The van der Waals surface area contributed by atoms with E-state index in [1.807, 2.05) is 0 Å². The van der Waals surface area contributed by atoms with Gasteiger partial charge in [0.1, 0.15) is 5.54 Å². The molecule has 3 fully saturated rings. The van der Waals surface area contributed by atoms with Gasteiger partial charge in [-0.1, -0.05) is 13.8 Å². The molecule has 0 amide bonds. The van der Waals surface area contributed by atoms with Crippen molar-refractivity contribution in [1.29, 1.82) is 0 Å². The molecule has 0 bridgehead atoms. The first-order chi connectivity index (χ1) is 8.91. The predicted molar refractivity (Wildman–Crippen MR) is 74.1 cm³/mol. The maximum atomic E-state index is 11.9. The number of carboxylic acid groups (broad SMARTS) is 1. The molecule has 0 radical (unpaired) electrons. The minimum Gasteiger partial charge on any atom is -0.480 e. The van der Waals surface area contributed by atoms with Crippen LogP contribution in [-0.4, -0.2) is 47.2 Å². The lowest BCUT2D eigenvalue weighted by Gasteiger charge is -2.35. The lowest BCUT2D eigenvalue weighted by Crippen LogP contribution is -2.61. The van der Waals surface area contributed by atoms with Crippen molar-refractivity contribution in [2.75, 3.05) is 19.6 Å². The molecule has 4 heteroatoms. The Morgan fingerprint density at radius 2 is 2.05 bits per heavy atom. The van der Waals surface area contributed by atoms with Crippen LogP contribution in [0.1, 0.15) is 46.0 Å². The molecule has 2 saturated carbocycles. The van der Waals surface area contributed by atoms with E-state index in [2.05, 4.69) is 24.1 Å². The fourth-order valence-electron chi connectivity index (χ4n) is 3.48. The second kappa shape index (κ2) is 4.45. The molecule has 4 nitrogen and oxygen atoms in total. The van der Waals surface area contributed by atoms with Gasteiger partial charge in [0.05, 0.1) is 0 Å². The molecule has 0 aromatic carbocycles. The highest BCUT2D eigenvalue weighted by Crippen LogP contribution is 2.43. The Kier molecular flexibility index (Phi) is 3.13. The number of nitrogens with one attached hydrogen (secondary N) is 1. The van der Waals surface area contributed by atoms with Crippen LogP contribution in [0, 0.1) is 11.3 Å². The van der Waals surface area contributed by atoms with Gasteiger partial charge in [0, 0.05) is 19.1 Å². The maximum Gasteiger partial charge on any atom is 0.325 e. The van der Waals surface area contributed by atoms with E-state index in [1.165, 1.54) is 6.42 Å². The van der Waals surface area contributed by atoms with Crippen LogP contribution in [0.3, 0.4) is 0 Å². The van der Waals surface area contributed by atoms with Crippen LogP contribution >= 0.6 is 0 Å². The Morgan fingerprint density at radius 1 is 1.37 bits per heavy atom. The van der Waals surface area contributed by atoms with Crippen molar-refractivity contribution in [1.82, 2.24) is 10.2 Å². The van der Waals surface area contributed by atoms with Gasteiger partial charge < -0.3 is 10.0 Å². The zero-order valence-corrected chi connectivity index (χ0v) is 12.1. The molecule has 0 spiro atoms. The Bertz CT molecular complexity index is 374. The summed E-state index contributed by atoms with van der Waals surface area (Å²) in [4.78, 5) is 14.3. The third-order valence-electron chi connectivity index (χ3n) is 4.92. The van der Waals surface area contributed by atoms with Crippen molar-refractivity contribution >= 4 is 5.97 Å². The van der Waals surface area contributed by atoms with Crippen molar-refractivity contribution < 1.29 is 9.90 Å². The first-order valence-electron chi connectivity index (χ1n) is 7.65.